The van der Waals surface area contributed by atoms with Crippen LogP contribution >= 0.6 is 0 Å². The smallest absolute Gasteiger partial charge is 0.294 e. The van der Waals surface area contributed by atoms with Crippen molar-refractivity contribution in [2.75, 3.05) is 0 Å². The zero-order valence-corrected chi connectivity index (χ0v) is 10.0. The minimum Gasteiger partial charge on any atom is -0.294 e. The molecule has 0 spiro atoms. The van der Waals surface area contributed by atoms with Crippen LogP contribution in [-0.2, 0) is 9.59 Å². The Bertz CT molecular complexity index is 377. The van der Waals surface area contributed by atoms with Crippen molar-refractivity contribution in [3.8, 4) is 0 Å². The number of benzene rings is 1. The minimum atomic E-state index is -0.282. The molecule has 1 aromatic rings. The van der Waals surface area contributed by atoms with Gasteiger partial charge in [-0.15, -0.1) is 0 Å². The monoisotopic (exact) mass is 220 g/mol. The van der Waals surface area contributed by atoms with Gasteiger partial charge >= 0.3 is 6.15 Å². The maximum Gasteiger partial charge on any atom is 0.373 e. The largest absolute Gasteiger partial charge is 0.373 e. The molecule has 0 unspecified atom stereocenters. The van der Waals surface area contributed by atoms with Crippen LogP contribution in [0.2, 0.25) is 0 Å². The first-order chi connectivity index (χ1) is 7.32. The molecular weight excluding hydrogens is 204 g/mol. The molecule has 0 bridgehead atoms. The lowest BCUT2D eigenvalue weighted by Gasteiger charge is -2.16. The molecule has 0 aliphatic rings. The number of hydrogen-bond acceptors (Lipinski definition) is 3. The summed E-state index contributed by atoms with van der Waals surface area (Å²) in [5.74, 6) is 0.201. The number of ketones is 1. The van der Waals surface area contributed by atoms with Crippen molar-refractivity contribution < 1.29 is 14.4 Å². The van der Waals surface area contributed by atoms with E-state index in [-0.39, 0.29) is 17.3 Å². The average Bonchev–Trinajstić information content (AvgIpc) is 2.18. The zero-order chi connectivity index (χ0) is 12.8. The fourth-order valence-corrected chi connectivity index (χ4v) is 1.14. The molecule has 1 aromatic carbocycles. The number of aryl methyl sites for hydroxylation is 1. The van der Waals surface area contributed by atoms with E-state index in [1.54, 1.807) is 0 Å². The third-order valence-corrected chi connectivity index (χ3v) is 1.99. The van der Waals surface area contributed by atoms with Crippen LogP contribution in [0.5, 0.6) is 0 Å². The summed E-state index contributed by atoms with van der Waals surface area (Å²) < 4.78 is 0. The van der Waals surface area contributed by atoms with E-state index >= 15 is 0 Å². The Morgan fingerprint density at radius 3 is 1.75 bits per heavy atom. The van der Waals surface area contributed by atoms with Gasteiger partial charge in [-0.05, 0) is 6.92 Å². The highest BCUT2D eigenvalue weighted by atomic mass is 16.2. The Morgan fingerprint density at radius 1 is 1.06 bits per heavy atom. The second-order valence-electron chi connectivity index (χ2n) is 4.53. The molecule has 0 atom stereocenters. The van der Waals surface area contributed by atoms with E-state index in [9.17, 15) is 4.79 Å². The third-order valence-electron chi connectivity index (χ3n) is 1.99. The van der Waals surface area contributed by atoms with Crippen molar-refractivity contribution in [1.82, 2.24) is 0 Å². The Balaban J connectivity index is 0.000000673. The quantitative estimate of drug-likeness (QED) is 0.683. The minimum absolute atomic E-state index is 0.201. The number of carbonyl (C=O) groups is 1. The van der Waals surface area contributed by atoms with Crippen LogP contribution in [-0.4, -0.2) is 11.9 Å². The molecule has 1 rings (SSSR count). The standard InChI is InChI=1S/C12H16O.CO2/c1-9-5-7-10(8-6-9)11(13)12(2,3)4;2-1-3/h5-8H,1-4H3;. The topological polar surface area (TPSA) is 51.2 Å². The molecule has 0 aliphatic carbocycles. The first-order valence-corrected chi connectivity index (χ1v) is 4.93. The van der Waals surface area contributed by atoms with E-state index in [4.69, 9.17) is 9.59 Å². The molecule has 16 heavy (non-hydrogen) atoms. The van der Waals surface area contributed by atoms with Gasteiger partial charge in [0, 0.05) is 11.0 Å². The third kappa shape index (κ3) is 4.67. The van der Waals surface area contributed by atoms with E-state index in [0.29, 0.717) is 0 Å². The van der Waals surface area contributed by atoms with Crippen molar-refractivity contribution in [3.63, 3.8) is 0 Å². The lowest BCUT2D eigenvalue weighted by molar-refractivity contribution is -0.191. The second kappa shape index (κ2) is 5.99. The predicted molar refractivity (Wildman–Crippen MR) is 60.0 cm³/mol. The SMILES string of the molecule is Cc1ccc(C(=O)C(C)(C)C)cc1.O=C=O. The van der Waals surface area contributed by atoms with Crippen LogP contribution in [0.1, 0.15) is 36.7 Å². The summed E-state index contributed by atoms with van der Waals surface area (Å²) in [7, 11) is 0. The summed E-state index contributed by atoms with van der Waals surface area (Å²) in [5.41, 5.74) is 1.71. The first kappa shape index (κ1) is 14.3. The van der Waals surface area contributed by atoms with Crippen molar-refractivity contribution >= 4 is 11.9 Å². The highest BCUT2D eigenvalue weighted by Gasteiger charge is 2.22. The number of Topliss-reactive ketones (excluding diaryl/α,β-unsaturated/α-hetero) is 1. The molecule has 3 heteroatoms. The maximum atomic E-state index is 11.8. The Labute approximate surface area is 95.5 Å². The molecule has 0 fully saturated rings. The van der Waals surface area contributed by atoms with E-state index in [2.05, 4.69) is 0 Å². The summed E-state index contributed by atoms with van der Waals surface area (Å²) in [6, 6.07) is 7.73. The number of carbonyl (C=O) groups excluding carboxylic acids is 3. The van der Waals surface area contributed by atoms with Crippen LogP contribution in [0.4, 0.5) is 0 Å². The van der Waals surface area contributed by atoms with Crippen molar-refractivity contribution in [3.05, 3.63) is 35.4 Å². The fourth-order valence-electron chi connectivity index (χ4n) is 1.14. The normalized spacial score (nSPS) is 9.75. The molecule has 86 valence electrons. The Morgan fingerprint density at radius 2 is 1.44 bits per heavy atom. The van der Waals surface area contributed by atoms with Crippen molar-refractivity contribution in [2.24, 2.45) is 5.41 Å². The van der Waals surface area contributed by atoms with Crippen LogP contribution in [0.3, 0.4) is 0 Å². The molecular formula is C13H16O3. The molecule has 3 nitrogen and oxygen atoms in total. The summed E-state index contributed by atoms with van der Waals surface area (Å²) in [6.07, 6.45) is 0.250. The van der Waals surface area contributed by atoms with Crippen molar-refractivity contribution in [1.29, 1.82) is 0 Å². The summed E-state index contributed by atoms with van der Waals surface area (Å²) >= 11 is 0. The van der Waals surface area contributed by atoms with Gasteiger partial charge < -0.3 is 0 Å². The van der Waals surface area contributed by atoms with E-state index in [1.807, 2.05) is 52.0 Å². The van der Waals surface area contributed by atoms with Gasteiger partial charge in [-0.25, -0.2) is 0 Å². The molecule has 0 radical (unpaired) electrons. The molecule has 0 N–H and O–H groups in total. The summed E-state index contributed by atoms with van der Waals surface area (Å²) in [4.78, 5) is 28.0. The van der Waals surface area contributed by atoms with E-state index in [0.717, 1.165) is 5.56 Å². The second-order valence-corrected chi connectivity index (χ2v) is 4.53. The highest BCUT2D eigenvalue weighted by Crippen LogP contribution is 2.20. The summed E-state index contributed by atoms with van der Waals surface area (Å²) in [5, 5.41) is 0. The zero-order valence-electron chi connectivity index (χ0n) is 10.0. The molecule has 0 amide bonds. The maximum absolute atomic E-state index is 11.8. The van der Waals surface area contributed by atoms with Crippen LogP contribution in [0.15, 0.2) is 24.3 Å². The van der Waals surface area contributed by atoms with E-state index in [1.165, 1.54) is 5.56 Å². The number of hydrogen-bond donors (Lipinski definition) is 0. The Kier molecular flexibility index (Phi) is 5.34. The molecule has 0 aromatic heterocycles. The van der Waals surface area contributed by atoms with E-state index < -0.39 is 0 Å². The highest BCUT2D eigenvalue weighted by molar-refractivity contribution is 5.99. The van der Waals surface area contributed by atoms with Gasteiger partial charge in [-0.2, -0.15) is 9.59 Å². The van der Waals surface area contributed by atoms with Gasteiger partial charge in [0.25, 0.3) is 0 Å². The lowest BCUT2D eigenvalue weighted by atomic mass is 9.86. The average molecular weight is 220 g/mol. The van der Waals surface area contributed by atoms with Crippen LogP contribution in [0.25, 0.3) is 0 Å². The van der Waals surface area contributed by atoms with Gasteiger partial charge in [-0.1, -0.05) is 50.6 Å². The van der Waals surface area contributed by atoms with Gasteiger partial charge in [0.15, 0.2) is 5.78 Å². The molecule has 0 saturated heterocycles. The van der Waals surface area contributed by atoms with Gasteiger partial charge in [0.1, 0.15) is 0 Å². The van der Waals surface area contributed by atoms with Crippen LogP contribution < -0.4 is 0 Å². The first-order valence-electron chi connectivity index (χ1n) is 4.93. The fraction of sp³-hybridized carbons (Fsp3) is 0.385. The van der Waals surface area contributed by atoms with Gasteiger partial charge in [0.2, 0.25) is 0 Å². The Hall–Kier alpha value is -1.73. The van der Waals surface area contributed by atoms with Crippen molar-refractivity contribution in [2.45, 2.75) is 27.7 Å². The number of rotatable bonds is 1. The molecule has 0 aliphatic heterocycles. The molecule has 0 saturated carbocycles. The lowest BCUT2D eigenvalue weighted by Crippen LogP contribution is -2.19. The predicted octanol–water partition coefficient (Wildman–Crippen LogP) is 2.64. The van der Waals surface area contributed by atoms with Crippen LogP contribution in [0, 0.1) is 12.3 Å². The van der Waals surface area contributed by atoms with Gasteiger partial charge in [-0.3, -0.25) is 4.79 Å². The van der Waals surface area contributed by atoms with Gasteiger partial charge in [0.05, 0.1) is 0 Å². The molecule has 0 heterocycles. The summed E-state index contributed by atoms with van der Waals surface area (Å²) in [6.45, 7) is 7.84.